The molecule has 6 nitrogen and oxygen atoms in total. The van der Waals surface area contributed by atoms with Gasteiger partial charge in [-0.25, -0.2) is 4.79 Å². The van der Waals surface area contributed by atoms with Crippen LogP contribution in [-0.4, -0.2) is 31.5 Å². The van der Waals surface area contributed by atoms with Crippen LogP contribution in [-0.2, 0) is 11.3 Å². The summed E-state index contributed by atoms with van der Waals surface area (Å²) in [4.78, 5) is 10.3. The van der Waals surface area contributed by atoms with Gasteiger partial charge in [0.05, 0.1) is 7.11 Å². The molecule has 4 N–H and O–H groups in total. The number of ether oxygens (including phenoxy) is 2. The second kappa shape index (κ2) is 6.59. The van der Waals surface area contributed by atoms with E-state index in [0.717, 1.165) is 5.56 Å². The van der Waals surface area contributed by atoms with Gasteiger partial charge in [-0.15, -0.1) is 0 Å². The average Bonchev–Trinajstić information content (AvgIpc) is 2.30. The molecule has 6 heteroatoms. The van der Waals surface area contributed by atoms with Crippen LogP contribution in [0.4, 0.5) is 4.79 Å². The molecule has 0 spiro atoms. The van der Waals surface area contributed by atoms with E-state index in [1.807, 2.05) is 0 Å². The standard InChI is InChI=1S/C11H16N2O4/c1-16-10-6-8(2-3-9(10)14)7-13-4-5-17-11(12)15/h2-3,6,13-14H,4-5,7H2,1H3,(H2,12,15). The van der Waals surface area contributed by atoms with Crippen LogP contribution < -0.4 is 15.8 Å². The van der Waals surface area contributed by atoms with Gasteiger partial charge in [-0.05, 0) is 17.7 Å². The maximum Gasteiger partial charge on any atom is 0.404 e. The zero-order chi connectivity index (χ0) is 12.7. The number of nitrogens with one attached hydrogen (secondary N) is 1. The largest absolute Gasteiger partial charge is 0.504 e. The van der Waals surface area contributed by atoms with Gasteiger partial charge in [-0.1, -0.05) is 6.07 Å². The molecule has 0 saturated heterocycles. The second-order valence-corrected chi connectivity index (χ2v) is 3.35. The number of nitrogens with two attached hydrogens (primary N) is 1. The number of phenols is 1. The van der Waals surface area contributed by atoms with E-state index in [1.165, 1.54) is 7.11 Å². The third-order valence-corrected chi connectivity index (χ3v) is 2.10. The molecule has 1 rings (SSSR count). The zero-order valence-electron chi connectivity index (χ0n) is 9.60. The Morgan fingerprint density at radius 2 is 2.29 bits per heavy atom. The third-order valence-electron chi connectivity index (χ3n) is 2.10. The Morgan fingerprint density at radius 1 is 1.53 bits per heavy atom. The van der Waals surface area contributed by atoms with E-state index in [9.17, 15) is 9.90 Å². The number of primary amides is 1. The van der Waals surface area contributed by atoms with Crippen molar-refractivity contribution in [1.82, 2.24) is 5.32 Å². The predicted molar refractivity (Wildman–Crippen MR) is 61.9 cm³/mol. The molecular formula is C11H16N2O4. The minimum Gasteiger partial charge on any atom is -0.504 e. The van der Waals surface area contributed by atoms with Crippen molar-refractivity contribution in [1.29, 1.82) is 0 Å². The maximum absolute atomic E-state index is 10.3. The number of rotatable bonds is 6. The van der Waals surface area contributed by atoms with Crippen LogP contribution in [0.25, 0.3) is 0 Å². The maximum atomic E-state index is 10.3. The summed E-state index contributed by atoms with van der Waals surface area (Å²) in [5.41, 5.74) is 5.76. The molecule has 1 aromatic carbocycles. The topological polar surface area (TPSA) is 93.8 Å². The highest BCUT2D eigenvalue weighted by Gasteiger charge is 2.02. The highest BCUT2D eigenvalue weighted by Crippen LogP contribution is 2.25. The number of aromatic hydroxyl groups is 1. The summed E-state index contributed by atoms with van der Waals surface area (Å²) in [7, 11) is 1.49. The summed E-state index contributed by atoms with van der Waals surface area (Å²) >= 11 is 0. The number of methoxy groups -OCH3 is 1. The van der Waals surface area contributed by atoms with Crippen molar-refractivity contribution in [3.8, 4) is 11.5 Å². The van der Waals surface area contributed by atoms with Gasteiger partial charge in [0.15, 0.2) is 11.5 Å². The van der Waals surface area contributed by atoms with Crippen LogP contribution in [0.2, 0.25) is 0 Å². The molecule has 94 valence electrons. The zero-order valence-corrected chi connectivity index (χ0v) is 9.60. The van der Waals surface area contributed by atoms with Crippen LogP contribution in [0.5, 0.6) is 11.5 Å². The van der Waals surface area contributed by atoms with Gasteiger partial charge in [0, 0.05) is 13.1 Å². The molecular weight excluding hydrogens is 224 g/mol. The van der Waals surface area contributed by atoms with Crippen LogP contribution in [0.1, 0.15) is 5.56 Å². The van der Waals surface area contributed by atoms with Crippen molar-refractivity contribution < 1.29 is 19.4 Å². The first-order chi connectivity index (χ1) is 8.13. The Morgan fingerprint density at radius 3 is 2.94 bits per heavy atom. The van der Waals surface area contributed by atoms with E-state index in [4.69, 9.17) is 10.5 Å². The molecule has 0 atom stereocenters. The van der Waals surface area contributed by atoms with Gasteiger partial charge in [0.2, 0.25) is 0 Å². The van der Waals surface area contributed by atoms with Crippen molar-refractivity contribution in [2.45, 2.75) is 6.54 Å². The van der Waals surface area contributed by atoms with Gasteiger partial charge in [0.1, 0.15) is 6.61 Å². The molecule has 1 aromatic rings. The van der Waals surface area contributed by atoms with Crippen LogP contribution >= 0.6 is 0 Å². The first kappa shape index (κ1) is 13.1. The highest BCUT2D eigenvalue weighted by atomic mass is 16.5. The summed E-state index contributed by atoms with van der Waals surface area (Å²) in [6, 6.07) is 5.08. The molecule has 0 aromatic heterocycles. The van der Waals surface area contributed by atoms with Crippen LogP contribution in [0.3, 0.4) is 0 Å². The van der Waals surface area contributed by atoms with Crippen molar-refractivity contribution in [2.75, 3.05) is 20.3 Å². The number of amides is 1. The lowest BCUT2D eigenvalue weighted by Crippen LogP contribution is -2.23. The van der Waals surface area contributed by atoms with Gasteiger partial charge >= 0.3 is 6.09 Å². The minimum atomic E-state index is -0.780. The van der Waals surface area contributed by atoms with E-state index < -0.39 is 6.09 Å². The molecule has 17 heavy (non-hydrogen) atoms. The lowest BCUT2D eigenvalue weighted by Gasteiger charge is -2.08. The molecule has 0 heterocycles. The quantitative estimate of drug-likeness (QED) is 0.632. The van der Waals surface area contributed by atoms with Crippen molar-refractivity contribution in [2.24, 2.45) is 5.73 Å². The van der Waals surface area contributed by atoms with E-state index in [-0.39, 0.29) is 12.4 Å². The van der Waals surface area contributed by atoms with E-state index in [1.54, 1.807) is 18.2 Å². The normalized spacial score (nSPS) is 9.94. The molecule has 0 saturated carbocycles. The SMILES string of the molecule is COc1cc(CNCCOC(N)=O)ccc1O. The molecule has 0 aliphatic carbocycles. The Kier molecular flexibility index (Phi) is 5.09. The Labute approximate surface area is 99.3 Å². The number of carbonyl (C=O) groups excluding carboxylic acids is 1. The number of phenolic OH excluding ortho intramolecular Hbond substituents is 1. The number of carbonyl (C=O) groups is 1. The molecule has 1 amide bonds. The van der Waals surface area contributed by atoms with E-state index >= 15 is 0 Å². The monoisotopic (exact) mass is 240 g/mol. The van der Waals surface area contributed by atoms with Crippen molar-refractivity contribution >= 4 is 6.09 Å². The Bertz CT molecular complexity index is 382. The molecule has 0 fully saturated rings. The smallest absolute Gasteiger partial charge is 0.404 e. The lowest BCUT2D eigenvalue weighted by atomic mass is 10.2. The van der Waals surface area contributed by atoms with Crippen LogP contribution in [0.15, 0.2) is 18.2 Å². The lowest BCUT2D eigenvalue weighted by molar-refractivity contribution is 0.157. The van der Waals surface area contributed by atoms with Gasteiger partial charge < -0.3 is 25.6 Å². The molecule has 0 radical (unpaired) electrons. The molecule has 0 bridgehead atoms. The molecule has 0 aliphatic rings. The van der Waals surface area contributed by atoms with Crippen molar-refractivity contribution in [3.05, 3.63) is 23.8 Å². The Hall–Kier alpha value is -1.95. The summed E-state index contributed by atoms with van der Waals surface area (Å²) in [5.74, 6) is 0.533. The van der Waals surface area contributed by atoms with E-state index in [2.05, 4.69) is 10.1 Å². The predicted octanol–water partition coefficient (Wildman–Crippen LogP) is 0.586. The van der Waals surface area contributed by atoms with E-state index in [0.29, 0.717) is 18.8 Å². The second-order valence-electron chi connectivity index (χ2n) is 3.35. The first-order valence-electron chi connectivity index (χ1n) is 5.12. The fourth-order valence-corrected chi connectivity index (χ4v) is 1.29. The molecule has 0 unspecified atom stereocenters. The fourth-order valence-electron chi connectivity index (χ4n) is 1.29. The third kappa shape index (κ3) is 4.60. The van der Waals surface area contributed by atoms with Gasteiger partial charge in [0.25, 0.3) is 0 Å². The van der Waals surface area contributed by atoms with Crippen molar-refractivity contribution in [3.63, 3.8) is 0 Å². The first-order valence-corrected chi connectivity index (χ1v) is 5.12. The number of benzene rings is 1. The summed E-state index contributed by atoms with van der Waals surface area (Å²) in [5, 5.41) is 12.4. The number of hydrogen-bond donors (Lipinski definition) is 3. The fraction of sp³-hybridized carbons (Fsp3) is 0.364. The molecule has 0 aliphatic heterocycles. The van der Waals surface area contributed by atoms with Gasteiger partial charge in [-0.2, -0.15) is 0 Å². The summed E-state index contributed by atoms with van der Waals surface area (Å²) in [6.07, 6.45) is -0.780. The summed E-state index contributed by atoms with van der Waals surface area (Å²) < 4.78 is 9.54. The number of hydrogen-bond acceptors (Lipinski definition) is 5. The highest BCUT2D eigenvalue weighted by molar-refractivity contribution is 5.64. The Balaban J connectivity index is 2.34. The average molecular weight is 240 g/mol. The van der Waals surface area contributed by atoms with Gasteiger partial charge in [-0.3, -0.25) is 0 Å². The van der Waals surface area contributed by atoms with Crippen LogP contribution in [0, 0.1) is 0 Å². The summed E-state index contributed by atoms with van der Waals surface area (Å²) in [6.45, 7) is 1.31. The minimum absolute atomic E-state index is 0.105.